The zero-order chi connectivity index (χ0) is 22.1. The molecule has 0 aliphatic rings. The maximum absolute atomic E-state index is 12.9. The molecule has 0 unspecified atom stereocenters. The second kappa shape index (κ2) is 8.24. The number of aromatic nitrogens is 4. The number of thiophene rings is 1. The van der Waals surface area contributed by atoms with Crippen molar-refractivity contribution in [3.63, 3.8) is 0 Å². The van der Waals surface area contributed by atoms with Gasteiger partial charge in [-0.05, 0) is 55.1 Å². The number of benzene rings is 1. The summed E-state index contributed by atoms with van der Waals surface area (Å²) >= 11 is 1.60. The Balaban J connectivity index is 1.44. The molecule has 0 bridgehead atoms. The fraction of sp³-hybridized carbons (Fsp3) is 0.0833. The number of nitrogens with zero attached hydrogens (tertiary/aromatic N) is 5. The van der Waals surface area contributed by atoms with Crippen molar-refractivity contribution in [1.29, 1.82) is 0 Å². The first kappa shape index (κ1) is 19.9. The summed E-state index contributed by atoms with van der Waals surface area (Å²) < 4.78 is 3.59. The van der Waals surface area contributed by atoms with E-state index < -0.39 is 0 Å². The molecule has 0 spiro atoms. The number of rotatable bonds is 5. The van der Waals surface area contributed by atoms with Crippen molar-refractivity contribution < 1.29 is 4.79 Å². The molecule has 4 heterocycles. The molecule has 8 heteroatoms. The van der Waals surface area contributed by atoms with Crippen LogP contribution in [0.5, 0.6) is 0 Å². The predicted octanol–water partition coefficient (Wildman–Crippen LogP) is 4.63. The molecule has 158 valence electrons. The van der Waals surface area contributed by atoms with Gasteiger partial charge in [-0.25, -0.2) is 15.1 Å². The molecule has 32 heavy (non-hydrogen) atoms. The monoisotopic (exact) mass is 440 g/mol. The van der Waals surface area contributed by atoms with Crippen LogP contribution in [0, 0.1) is 13.8 Å². The van der Waals surface area contributed by atoms with Crippen molar-refractivity contribution in [1.82, 2.24) is 24.6 Å². The summed E-state index contributed by atoms with van der Waals surface area (Å²) in [6.45, 7) is 3.81. The van der Waals surface area contributed by atoms with Gasteiger partial charge < -0.3 is 0 Å². The molecule has 0 atom stereocenters. The van der Waals surface area contributed by atoms with E-state index in [0.717, 1.165) is 33.0 Å². The second-order valence-electron chi connectivity index (χ2n) is 7.37. The molecule has 7 nitrogen and oxygen atoms in total. The van der Waals surface area contributed by atoms with E-state index in [-0.39, 0.29) is 5.91 Å². The molecule has 0 saturated heterocycles. The summed E-state index contributed by atoms with van der Waals surface area (Å²) in [5.74, 6) is -0.316. The summed E-state index contributed by atoms with van der Waals surface area (Å²) in [5, 5.41) is 11.0. The van der Waals surface area contributed by atoms with E-state index in [4.69, 9.17) is 5.10 Å². The molecular formula is C24H20N6OS. The minimum atomic E-state index is -0.316. The lowest BCUT2D eigenvalue weighted by Crippen LogP contribution is -2.20. The zero-order valence-electron chi connectivity index (χ0n) is 17.6. The number of imidazole rings is 1. The van der Waals surface area contributed by atoms with Gasteiger partial charge in [0, 0.05) is 18.0 Å². The number of aryl methyl sites for hydroxylation is 2. The highest BCUT2D eigenvalue weighted by atomic mass is 32.1. The van der Waals surface area contributed by atoms with Crippen LogP contribution in [0.1, 0.15) is 27.3 Å². The average Bonchev–Trinajstić information content (AvgIpc) is 3.52. The van der Waals surface area contributed by atoms with Crippen LogP contribution in [-0.2, 0) is 0 Å². The third-order valence-electron chi connectivity index (χ3n) is 5.06. The number of para-hydroxylation sites is 1. The molecule has 0 fully saturated rings. The van der Waals surface area contributed by atoms with Crippen molar-refractivity contribution >= 4 is 29.1 Å². The Morgan fingerprint density at radius 2 is 1.97 bits per heavy atom. The Morgan fingerprint density at radius 1 is 1.12 bits per heavy atom. The Hall–Kier alpha value is -4.04. The van der Waals surface area contributed by atoms with Crippen molar-refractivity contribution in [2.75, 3.05) is 0 Å². The van der Waals surface area contributed by atoms with E-state index in [0.29, 0.717) is 11.4 Å². The van der Waals surface area contributed by atoms with E-state index in [9.17, 15) is 4.79 Å². The van der Waals surface area contributed by atoms with Gasteiger partial charge in [0.2, 0.25) is 0 Å². The Kier molecular flexibility index (Phi) is 5.12. The Morgan fingerprint density at radius 3 is 2.75 bits per heavy atom. The standard InChI is InChI=1S/C24H20N6OS/c1-16-10-11-29-21(13-16)26-17(2)23(29)24(31)27-25-14-18-15-30(19-7-4-3-5-8-19)28-22(18)20-9-6-12-32-20/h3-15H,1-2H3,(H,27,31)/b25-14-. The van der Waals surface area contributed by atoms with E-state index in [2.05, 4.69) is 15.5 Å². The lowest BCUT2D eigenvalue weighted by Gasteiger charge is -2.02. The number of hydrogen-bond donors (Lipinski definition) is 1. The molecule has 0 radical (unpaired) electrons. The van der Waals surface area contributed by atoms with Crippen molar-refractivity contribution in [2.24, 2.45) is 5.10 Å². The number of nitrogens with one attached hydrogen (secondary N) is 1. The molecule has 0 saturated carbocycles. The molecule has 5 rings (SSSR count). The van der Waals surface area contributed by atoms with Gasteiger partial charge in [0.05, 0.1) is 22.5 Å². The molecule has 1 N–H and O–H groups in total. The largest absolute Gasteiger partial charge is 0.295 e. The third-order valence-corrected chi connectivity index (χ3v) is 5.94. The minimum absolute atomic E-state index is 0.316. The molecule has 5 aromatic rings. The molecule has 4 aromatic heterocycles. The molecule has 0 aliphatic heterocycles. The SMILES string of the molecule is Cc1ccn2c(C(=O)N/N=C\c3cn(-c4ccccc4)nc3-c3cccs3)c(C)nc2c1. The fourth-order valence-corrected chi connectivity index (χ4v) is 4.28. The van der Waals surface area contributed by atoms with Gasteiger partial charge in [-0.1, -0.05) is 24.3 Å². The van der Waals surface area contributed by atoms with Crippen LogP contribution in [0.15, 0.2) is 77.5 Å². The highest BCUT2D eigenvalue weighted by Gasteiger charge is 2.16. The van der Waals surface area contributed by atoms with Crippen LogP contribution in [0.25, 0.3) is 21.9 Å². The van der Waals surface area contributed by atoms with Crippen molar-refractivity contribution in [3.8, 4) is 16.3 Å². The summed E-state index contributed by atoms with van der Waals surface area (Å²) in [6.07, 6.45) is 5.38. The summed E-state index contributed by atoms with van der Waals surface area (Å²) in [7, 11) is 0. The maximum atomic E-state index is 12.9. The lowest BCUT2D eigenvalue weighted by atomic mass is 10.2. The van der Waals surface area contributed by atoms with E-state index >= 15 is 0 Å². The van der Waals surface area contributed by atoms with Gasteiger partial charge in [-0.2, -0.15) is 10.2 Å². The maximum Gasteiger partial charge on any atom is 0.290 e. The van der Waals surface area contributed by atoms with E-state index in [1.807, 2.05) is 90.9 Å². The summed E-state index contributed by atoms with van der Waals surface area (Å²) in [6, 6.07) is 17.8. The molecule has 1 aromatic carbocycles. The number of fused-ring (bicyclic) bond motifs is 1. The average molecular weight is 441 g/mol. The predicted molar refractivity (Wildman–Crippen MR) is 127 cm³/mol. The Bertz CT molecular complexity index is 1430. The normalized spacial score (nSPS) is 11.4. The van der Waals surface area contributed by atoms with Gasteiger partial charge in [0.15, 0.2) is 0 Å². The van der Waals surface area contributed by atoms with Crippen LogP contribution in [0.4, 0.5) is 0 Å². The van der Waals surface area contributed by atoms with Crippen LogP contribution in [-0.4, -0.2) is 31.3 Å². The number of pyridine rings is 1. The summed E-state index contributed by atoms with van der Waals surface area (Å²) in [5.41, 5.74) is 8.15. The molecule has 0 aliphatic carbocycles. The van der Waals surface area contributed by atoms with Gasteiger partial charge >= 0.3 is 0 Å². The van der Waals surface area contributed by atoms with Crippen LogP contribution in [0.3, 0.4) is 0 Å². The third kappa shape index (κ3) is 3.72. The fourth-order valence-electron chi connectivity index (χ4n) is 3.55. The van der Waals surface area contributed by atoms with Gasteiger partial charge in [-0.15, -0.1) is 11.3 Å². The molecular weight excluding hydrogens is 420 g/mol. The number of amides is 1. The van der Waals surface area contributed by atoms with Crippen LogP contribution < -0.4 is 5.43 Å². The highest BCUT2D eigenvalue weighted by Crippen LogP contribution is 2.26. The minimum Gasteiger partial charge on any atom is -0.295 e. The van der Waals surface area contributed by atoms with Gasteiger partial charge in [-0.3, -0.25) is 9.20 Å². The van der Waals surface area contributed by atoms with Crippen LogP contribution in [0.2, 0.25) is 0 Å². The summed E-state index contributed by atoms with van der Waals surface area (Å²) in [4.78, 5) is 18.4. The Labute approximate surface area is 188 Å². The number of carbonyl (C=O) groups excluding carboxylic acids is 1. The van der Waals surface area contributed by atoms with Crippen molar-refractivity contribution in [2.45, 2.75) is 13.8 Å². The first-order valence-electron chi connectivity index (χ1n) is 10.1. The zero-order valence-corrected chi connectivity index (χ0v) is 18.4. The number of hydrogen-bond acceptors (Lipinski definition) is 5. The molecule has 1 amide bonds. The van der Waals surface area contributed by atoms with Crippen molar-refractivity contribution in [3.05, 3.63) is 94.9 Å². The first-order chi connectivity index (χ1) is 15.6. The lowest BCUT2D eigenvalue weighted by molar-refractivity contribution is 0.0948. The smallest absolute Gasteiger partial charge is 0.290 e. The van der Waals surface area contributed by atoms with E-state index in [1.54, 1.807) is 22.0 Å². The second-order valence-corrected chi connectivity index (χ2v) is 8.32. The topological polar surface area (TPSA) is 76.6 Å². The van der Waals surface area contributed by atoms with Gasteiger partial charge in [0.25, 0.3) is 5.91 Å². The van der Waals surface area contributed by atoms with Crippen LogP contribution >= 0.6 is 11.3 Å². The first-order valence-corrected chi connectivity index (χ1v) is 11.0. The quantitative estimate of drug-likeness (QED) is 0.320. The number of hydrazone groups is 1. The highest BCUT2D eigenvalue weighted by molar-refractivity contribution is 7.13. The van der Waals surface area contributed by atoms with Gasteiger partial charge in [0.1, 0.15) is 17.0 Å². The number of carbonyl (C=O) groups is 1. The van der Waals surface area contributed by atoms with E-state index in [1.165, 1.54) is 0 Å².